The summed E-state index contributed by atoms with van der Waals surface area (Å²) in [6.45, 7) is 2.86. The third kappa shape index (κ3) is 4.15. The highest BCUT2D eigenvalue weighted by molar-refractivity contribution is 7.90. The molecule has 0 aliphatic carbocycles. The topological polar surface area (TPSA) is 42.3 Å². The molecule has 8 heteroatoms. The summed E-state index contributed by atoms with van der Waals surface area (Å²) < 4.78 is 66.2. The molecule has 4 nitrogen and oxygen atoms in total. The second kappa shape index (κ2) is 7.92. The van der Waals surface area contributed by atoms with Crippen LogP contribution in [0.3, 0.4) is 0 Å². The first kappa shape index (κ1) is 20.7. The summed E-state index contributed by atoms with van der Waals surface area (Å²) in [7, 11) is -3.76. The third-order valence-electron chi connectivity index (χ3n) is 5.30. The molecule has 1 saturated heterocycles. The number of likely N-dealkylation sites (tertiary alicyclic amines) is 1. The Kier molecular flexibility index (Phi) is 5.46. The summed E-state index contributed by atoms with van der Waals surface area (Å²) in [5.41, 5.74) is 0.794. The summed E-state index contributed by atoms with van der Waals surface area (Å²) in [5.74, 6) is -0.403. The Labute approximate surface area is 173 Å². The molecule has 0 radical (unpaired) electrons. The highest BCUT2D eigenvalue weighted by Gasteiger charge is 2.32. The van der Waals surface area contributed by atoms with E-state index in [9.17, 15) is 21.6 Å². The van der Waals surface area contributed by atoms with E-state index >= 15 is 0 Å². The van der Waals surface area contributed by atoms with Gasteiger partial charge in [-0.2, -0.15) is 13.2 Å². The van der Waals surface area contributed by atoms with Crippen LogP contribution in [0.5, 0.6) is 0 Å². The largest absolute Gasteiger partial charge is 0.416 e. The molecule has 1 fully saturated rings. The van der Waals surface area contributed by atoms with E-state index < -0.39 is 27.5 Å². The SMILES string of the molecule is O=S(=O)(CC=Cc1ccccc1C(F)(F)F)n1ccc2c(CN3CCC3)cccc21. The van der Waals surface area contributed by atoms with Crippen LogP contribution in [0.4, 0.5) is 13.2 Å². The van der Waals surface area contributed by atoms with E-state index in [0.29, 0.717) is 5.52 Å². The highest BCUT2D eigenvalue weighted by atomic mass is 32.2. The number of rotatable bonds is 6. The van der Waals surface area contributed by atoms with Gasteiger partial charge in [0.2, 0.25) is 10.0 Å². The van der Waals surface area contributed by atoms with Crippen molar-refractivity contribution in [1.29, 1.82) is 0 Å². The maximum Gasteiger partial charge on any atom is 0.416 e. The molecule has 0 atom stereocenters. The van der Waals surface area contributed by atoms with Crippen molar-refractivity contribution in [1.82, 2.24) is 8.87 Å². The lowest BCUT2D eigenvalue weighted by Gasteiger charge is -2.30. The highest BCUT2D eigenvalue weighted by Crippen LogP contribution is 2.32. The van der Waals surface area contributed by atoms with Gasteiger partial charge in [-0.3, -0.25) is 4.90 Å². The fraction of sp³-hybridized carbons (Fsp3) is 0.273. The van der Waals surface area contributed by atoms with Crippen molar-refractivity contribution < 1.29 is 21.6 Å². The number of hydrogen-bond donors (Lipinski definition) is 0. The maximum atomic E-state index is 13.1. The van der Waals surface area contributed by atoms with E-state index in [4.69, 9.17) is 0 Å². The van der Waals surface area contributed by atoms with Crippen LogP contribution in [0.25, 0.3) is 17.0 Å². The van der Waals surface area contributed by atoms with Crippen LogP contribution in [0.2, 0.25) is 0 Å². The first-order valence-corrected chi connectivity index (χ1v) is 11.2. The lowest BCUT2D eigenvalue weighted by Crippen LogP contribution is -2.36. The molecule has 1 aliphatic heterocycles. The quantitative estimate of drug-likeness (QED) is 0.562. The predicted octanol–water partition coefficient (Wildman–Crippen LogP) is 4.76. The van der Waals surface area contributed by atoms with Gasteiger partial charge in [-0.05, 0) is 48.8 Å². The molecule has 2 aromatic carbocycles. The van der Waals surface area contributed by atoms with E-state index in [0.717, 1.165) is 36.7 Å². The van der Waals surface area contributed by atoms with Crippen LogP contribution in [0.1, 0.15) is 23.1 Å². The van der Waals surface area contributed by atoms with Gasteiger partial charge < -0.3 is 0 Å². The number of aromatic nitrogens is 1. The molecule has 1 aliphatic rings. The van der Waals surface area contributed by atoms with Crippen LogP contribution >= 0.6 is 0 Å². The second-order valence-corrected chi connectivity index (χ2v) is 9.25. The number of nitrogens with zero attached hydrogens (tertiary/aromatic N) is 2. The van der Waals surface area contributed by atoms with E-state index in [1.807, 2.05) is 12.1 Å². The molecule has 2 heterocycles. The Morgan fingerprint density at radius 1 is 1.00 bits per heavy atom. The molecule has 0 amide bonds. The summed E-state index contributed by atoms with van der Waals surface area (Å²) in [5, 5.41) is 0.874. The van der Waals surface area contributed by atoms with Crippen LogP contribution < -0.4 is 0 Å². The molecule has 1 aromatic heterocycles. The third-order valence-corrected chi connectivity index (χ3v) is 6.83. The minimum Gasteiger partial charge on any atom is -0.299 e. The van der Waals surface area contributed by atoms with Gasteiger partial charge in [0.1, 0.15) is 0 Å². The monoisotopic (exact) mass is 434 g/mol. The molecule has 0 N–H and O–H groups in total. The Bertz CT molecular complexity index is 1190. The zero-order chi connectivity index (χ0) is 21.4. The standard InChI is InChI=1S/C22H21F3N2O2S/c23-22(24,25)20-9-2-1-6-17(20)8-4-15-30(28,29)27-14-11-19-18(7-3-10-21(19)27)16-26-12-5-13-26/h1-4,6-11,14H,5,12-13,15-16H2. The van der Waals surface area contributed by atoms with E-state index in [1.54, 1.807) is 12.1 Å². The summed E-state index contributed by atoms with van der Waals surface area (Å²) in [4.78, 5) is 2.29. The zero-order valence-electron chi connectivity index (χ0n) is 16.1. The summed E-state index contributed by atoms with van der Waals surface area (Å²) in [6, 6.07) is 12.4. The second-order valence-electron chi connectivity index (χ2n) is 7.36. The summed E-state index contributed by atoms with van der Waals surface area (Å²) >= 11 is 0. The smallest absolute Gasteiger partial charge is 0.299 e. The average molecular weight is 434 g/mol. The number of alkyl halides is 3. The molecule has 0 spiro atoms. The molecular formula is C22H21F3N2O2S. The maximum absolute atomic E-state index is 13.1. The van der Waals surface area contributed by atoms with Gasteiger partial charge in [0, 0.05) is 18.1 Å². The van der Waals surface area contributed by atoms with Crippen LogP contribution in [0, 0.1) is 0 Å². The van der Waals surface area contributed by atoms with Crippen LogP contribution in [-0.4, -0.2) is 36.1 Å². The Hall–Kier alpha value is -2.58. The van der Waals surface area contributed by atoms with Gasteiger partial charge in [0.05, 0.1) is 16.8 Å². The van der Waals surface area contributed by atoms with Crippen LogP contribution in [0.15, 0.2) is 60.8 Å². The van der Waals surface area contributed by atoms with Crippen molar-refractivity contribution in [3.05, 3.63) is 77.5 Å². The molecule has 0 saturated carbocycles. The average Bonchev–Trinajstić information content (AvgIpc) is 3.10. The lowest BCUT2D eigenvalue weighted by molar-refractivity contribution is -0.137. The predicted molar refractivity (Wildman–Crippen MR) is 111 cm³/mol. The normalized spacial score (nSPS) is 15.7. The summed E-state index contributed by atoms with van der Waals surface area (Å²) in [6.07, 6.45) is 0.659. The van der Waals surface area contributed by atoms with E-state index in [-0.39, 0.29) is 5.56 Å². The van der Waals surface area contributed by atoms with Crippen molar-refractivity contribution in [3.63, 3.8) is 0 Å². The number of benzene rings is 2. The number of hydrogen-bond acceptors (Lipinski definition) is 3. The van der Waals surface area contributed by atoms with Gasteiger partial charge in [0.25, 0.3) is 0 Å². The Morgan fingerprint density at radius 2 is 1.77 bits per heavy atom. The van der Waals surface area contributed by atoms with Crippen molar-refractivity contribution in [2.45, 2.75) is 19.1 Å². The van der Waals surface area contributed by atoms with Gasteiger partial charge in [0.15, 0.2) is 0 Å². The molecule has 3 aromatic rings. The number of fused-ring (bicyclic) bond motifs is 1. The lowest BCUT2D eigenvalue weighted by atomic mass is 10.1. The molecule has 4 rings (SSSR count). The van der Waals surface area contributed by atoms with Gasteiger partial charge in [-0.25, -0.2) is 12.4 Å². The van der Waals surface area contributed by atoms with Crippen molar-refractivity contribution in [2.75, 3.05) is 18.8 Å². The minimum absolute atomic E-state index is 0.0607. The molecule has 0 unspecified atom stereocenters. The van der Waals surface area contributed by atoms with Gasteiger partial charge >= 0.3 is 6.18 Å². The first-order chi connectivity index (χ1) is 14.3. The fourth-order valence-electron chi connectivity index (χ4n) is 3.65. The van der Waals surface area contributed by atoms with E-state index in [2.05, 4.69) is 4.90 Å². The van der Waals surface area contributed by atoms with Crippen LogP contribution in [-0.2, 0) is 22.7 Å². The van der Waals surface area contributed by atoms with Crippen molar-refractivity contribution >= 4 is 27.0 Å². The fourth-order valence-corrected chi connectivity index (χ4v) is 4.85. The van der Waals surface area contributed by atoms with E-state index in [1.165, 1.54) is 46.9 Å². The van der Waals surface area contributed by atoms with Gasteiger partial charge in [-0.15, -0.1) is 0 Å². The molecule has 30 heavy (non-hydrogen) atoms. The van der Waals surface area contributed by atoms with Crippen molar-refractivity contribution in [2.24, 2.45) is 0 Å². The minimum atomic E-state index is -4.50. The first-order valence-electron chi connectivity index (χ1n) is 9.63. The molecular weight excluding hydrogens is 413 g/mol. The van der Waals surface area contributed by atoms with Gasteiger partial charge in [-0.1, -0.05) is 42.5 Å². The Morgan fingerprint density at radius 3 is 2.47 bits per heavy atom. The molecule has 0 bridgehead atoms. The number of halogens is 3. The molecule has 158 valence electrons. The zero-order valence-corrected chi connectivity index (χ0v) is 17.0. The Balaban J connectivity index is 1.58. The van der Waals surface area contributed by atoms with Crippen molar-refractivity contribution in [3.8, 4) is 0 Å².